The Morgan fingerprint density at radius 2 is 2.00 bits per heavy atom. The zero-order chi connectivity index (χ0) is 13.6. The molecule has 1 unspecified atom stereocenters. The molecule has 0 saturated heterocycles. The van der Waals surface area contributed by atoms with Crippen molar-refractivity contribution in [2.45, 2.75) is 58.9 Å². The molecule has 0 aromatic rings. The Labute approximate surface area is 113 Å². The fourth-order valence-corrected chi connectivity index (χ4v) is 2.54. The molecule has 0 bridgehead atoms. The zero-order valence-corrected chi connectivity index (χ0v) is 12.7. The lowest BCUT2D eigenvalue weighted by atomic mass is 9.87. The van der Waals surface area contributed by atoms with Gasteiger partial charge in [-0.25, -0.2) is 0 Å². The van der Waals surface area contributed by atoms with Crippen molar-refractivity contribution in [2.75, 3.05) is 26.8 Å². The van der Waals surface area contributed by atoms with Gasteiger partial charge in [0.15, 0.2) is 0 Å². The van der Waals surface area contributed by atoms with E-state index in [0.717, 1.165) is 32.5 Å². The summed E-state index contributed by atoms with van der Waals surface area (Å²) in [6.07, 6.45) is 6.10. The number of hydrogen-bond acceptors (Lipinski definition) is 3. The Kier molecular flexibility index (Phi) is 6.09. The fourth-order valence-electron chi connectivity index (χ4n) is 2.54. The SMILES string of the molecule is COCCC1(CNCCC(N)CC(C)(C)C)CC1. The molecule has 3 nitrogen and oxygen atoms in total. The third-order valence-corrected chi connectivity index (χ3v) is 3.86. The highest BCUT2D eigenvalue weighted by molar-refractivity contribution is 4.94. The van der Waals surface area contributed by atoms with Gasteiger partial charge in [0.25, 0.3) is 0 Å². The molecule has 1 fully saturated rings. The summed E-state index contributed by atoms with van der Waals surface area (Å²) in [5.74, 6) is 0. The number of ether oxygens (including phenoxy) is 1. The van der Waals surface area contributed by atoms with Crippen LogP contribution in [0, 0.1) is 10.8 Å². The third-order valence-electron chi connectivity index (χ3n) is 3.86. The molecule has 0 aliphatic heterocycles. The third kappa shape index (κ3) is 6.72. The molecule has 0 aromatic carbocycles. The Hall–Kier alpha value is -0.120. The predicted octanol–water partition coefficient (Wildman–Crippen LogP) is 2.55. The van der Waals surface area contributed by atoms with Crippen LogP contribution in [0.25, 0.3) is 0 Å². The lowest BCUT2D eigenvalue weighted by Gasteiger charge is -2.23. The monoisotopic (exact) mass is 256 g/mol. The summed E-state index contributed by atoms with van der Waals surface area (Å²) in [5.41, 5.74) is 7.03. The molecule has 1 rings (SSSR count). The quantitative estimate of drug-likeness (QED) is 0.623. The smallest absolute Gasteiger partial charge is 0.0468 e. The molecule has 0 radical (unpaired) electrons. The highest BCUT2D eigenvalue weighted by Gasteiger charge is 2.41. The standard InChI is InChI=1S/C15H32N2O/c1-14(2,3)11-13(16)5-9-17-12-15(6-7-15)8-10-18-4/h13,17H,5-12,16H2,1-4H3. The van der Waals surface area contributed by atoms with Crippen molar-refractivity contribution in [3.8, 4) is 0 Å². The summed E-state index contributed by atoms with van der Waals surface area (Å²) in [6, 6.07) is 0.326. The average Bonchev–Trinajstić information content (AvgIpc) is 3.00. The maximum absolute atomic E-state index is 6.15. The maximum Gasteiger partial charge on any atom is 0.0468 e. The molecule has 3 N–H and O–H groups in total. The first-order valence-electron chi connectivity index (χ1n) is 7.32. The topological polar surface area (TPSA) is 47.3 Å². The number of hydrogen-bond donors (Lipinski definition) is 2. The number of methoxy groups -OCH3 is 1. The molecule has 0 spiro atoms. The maximum atomic E-state index is 6.15. The zero-order valence-electron chi connectivity index (χ0n) is 12.7. The molecular formula is C15H32N2O. The molecule has 0 heterocycles. The largest absolute Gasteiger partial charge is 0.385 e. The molecule has 1 aliphatic carbocycles. The van der Waals surface area contributed by atoms with Gasteiger partial charge < -0.3 is 15.8 Å². The van der Waals surface area contributed by atoms with Crippen molar-refractivity contribution in [2.24, 2.45) is 16.6 Å². The van der Waals surface area contributed by atoms with E-state index in [1.54, 1.807) is 7.11 Å². The molecule has 3 heteroatoms. The van der Waals surface area contributed by atoms with E-state index in [0.29, 0.717) is 16.9 Å². The summed E-state index contributed by atoms with van der Waals surface area (Å²) in [5, 5.41) is 3.58. The van der Waals surface area contributed by atoms with E-state index >= 15 is 0 Å². The molecule has 1 saturated carbocycles. The second-order valence-corrected chi connectivity index (χ2v) is 7.23. The number of nitrogens with two attached hydrogens (primary N) is 1. The average molecular weight is 256 g/mol. The van der Waals surface area contributed by atoms with Crippen LogP contribution in [-0.2, 0) is 4.74 Å². The van der Waals surface area contributed by atoms with Gasteiger partial charge in [0.1, 0.15) is 0 Å². The Bertz CT molecular complexity index is 231. The summed E-state index contributed by atoms with van der Waals surface area (Å²) < 4.78 is 5.17. The van der Waals surface area contributed by atoms with Crippen molar-refractivity contribution in [1.29, 1.82) is 0 Å². The number of nitrogens with one attached hydrogen (secondary N) is 1. The van der Waals surface area contributed by atoms with Gasteiger partial charge in [0.2, 0.25) is 0 Å². The minimum Gasteiger partial charge on any atom is -0.385 e. The van der Waals surface area contributed by atoms with Gasteiger partial charge >= 0.3 is 0 Å². The van der Waals surface area contributed by atoms with E-state index < -0.39 is 0 Å². The minimum atomic E-state index is 0.326. The van der Waals surface area contributed by atoms with Crippen LogP contribution in [0.1, 0.15) is 52.9 Å². The van der Waals surface area contributed by atoms with E-state index in [1.807, 2.05) is 0 Å². The lowest BCUT2D eigenvalue weighted by Crippen LogP contribution is -2.32. The molecule has 0 amide bonds. The van der Waals surface area contributed by atoms with Crippen LogP contribution in [0.15, 0.2) is 0 Å². The predicted molar refractivity (Wildman–Crippen MR) is 77.7 cm³/mol. The van der Waals surface area contributed by atoms with Crippen molar-refractivity contribution < 1.29 is 4.74 Å². The van der Waals surface area contributed by atoms with E-state index in [2.05, 4.69) is 26.1 Å². The molecule has 0 aromatic heterocycles. The second kappa shape index (κ2) is 6.88. The summed E-state index contributed by atoms with van der Waals surface area (Å²) in [7, 11) is 1.79. The van der Waals surface area contributed by atoms with Crippen molar-refractivity contribution in [3.05, 3.63) is 0 Å². The van der Waals surface area contributed by atoms with E-state index in [1.165, 1.54) is 19.3 Å². The normalized spacial score (nSPS) is 19.8. The van der Waals surface area contributed by atoms with Gasteiger partial charge in [0.05, 0.1) is 0 Å². The highest BCUT2D eigenvalue weighted by Crippen LogP contribution is 2.48. The Morgan fingerprint density at radius 3 is 2.50 bits per heavy atom. The van der Waals surface area contributed by atoms with Gasteiger partial charge in [-0.05, 0) is 49.5 Å². The molecule has 1 atom stereocenters. The first-order valence-corrected chi connectivity index (χ1v) is 7.32. The molecule has 108 valence electrons. The van der Waals surface area contributed by atoms with Gasteiger partial charge in [0, 0.05) is 26.3 Å². The summed E-state index contributed by atoms with van der Waals surface area (Å²) >= 11 is 0. The first-order chi connectivity index (χ1) is 8.37. The second-order valence-electron chi connectivity index (χ2n) is 7.23. The van der Waals surface area contributed by atoms with Crippen molar-refractivity contribution >= 4 is 0 Å². The van der Waals surface area contributed by atoms with Crippen molar-refractivity contribution in [1.82, 2.24) is 5.32 Å². The lowest BCUT2D eigenvalue weighted by molar-refractivity contribution is 0.171. The fraction of sp³-hybridized carbons (Fsp3) is 1.00. The van der Waals surface area contributed by atoms with Gasteiger partial charge in [-0.15, -0.1) is 0 Å². The van der Waals surface area contributed by atoms with Crippen LogP contribution in [-0.4, -0.2) is 32.8 Å². The van der Waals surface area contributed by atoms with Crippen LogP contribution in [0.4, 0.5) is 0 Å². The number of rotatable bonds is 9. The van der Waals surface area contributed by atoms with Gasteiger partial charge in [-0.3, -0.25) is 0 Å². The minimum absolute atomic E-state index is 0.326. The van der Waals surface area contributed by atoms with Crippen LogP contribution in [0.2, 0.25) is 0 Å². The van der Waals surface area contributed by atoms with Crippen LogP contribution in [0.5, 0.6) is 0 Å². The van der Waals surface area contributed by atoms with Crippen LogP contribution >= 0.6 is 0 Å². The van der Waals surface area contributed by atoms with E-state index in [9.17, 15) is 0 Å². The van der Waals surface area contributed by atoms with Crippen molar-refractivity contribution in [3.63, 3.8) is 0 Å². The van der Waals surface area contributed by atoms with Gasteiger partial charge in [-0.1, -0.05) is 20.8 Å². The molecule has 1 aliphatic rings. The highest BCUT2D eigenvalue weighted by atomic mass is 16.5. The van der Waals surface area contributed by atoms with Gasteiger partial charge in [-0.2, -0.15) is 0 Å². The molecule has 18 heavy (non-hydrogen) atoms. The molecular weight excluding hydrogens is 224 g/mol. The summed E-state index contributed by atoms with van der Waals surface area (Å²) in [6.45, 7) is 9.84. The Balaban J connectivity index is 2.05. The van der Waals surface area contributed by atoms with Crippen LogP contribution < -0.4 is 11.1 Å². The van der Waals surface area contributed by atoms with E-state index in [-0.39, 0.29) is 0 Å². The first kappa shape index (κ1) is 15.9. The van der Waals surface area contributed by atoms with Crippen LogP contribution in [0.3, 0.4) is 0 Å². The van der Waals surface area contributed by atoms with E-state index in [4.69, 9.17) is 10.5 Å². The Morgan fingerprint density at radius 1 is 1.33 bits per heavy atom. The summed E-state index contributed by atoms with van der Waals surface area (Å²) in [4.78, 5) is 0.